The smallest absolute Gasteiger partial charge is 0.273 e. The summed E-state index contributed by atoms with van der Waals surface area (Å²) in [5, 5.41) is 4.17. The summed E-state index contributed by atoms with van der Waals surface area (Å²) < 4.78 is 0. The molecule has 0 bridgehead atoms. The van der Waals surface area contributed by atoms with Gasteiger partial charge in [-0.05, 0) is 35.6 Å². The Kier molecular flexibility index (Phi) is 4.84. The predicted octanol–water partition coefficient (Wildman–Crippen LogP) is 3.72. The van der Waals surface area contributed by atoms with E-state index in [2.05, 4.69) is 43.4 Å². The third-order valence-corrected chi connectivity index (χ3v) is 3.70. The number of nitrogens with zero attached hydrogens (tertiary/aromatic N) is 1. The fourth-order valence-corrected chi connectivity index (χ4v) is 2.17. The number of anilines is 1. The number of carbonyl (C=O) groups is 1. The van der Waals surface area contributed by atoms with E-state index < -0.39 is 0 Å². The number of nitrogen functional groups attached to an aromatic ring is 1. The monoisotopic (exact) mass is 309 g/mol. The van der Waals surface area contributed by atoms with Crippen molar-refractivity contribution in [3.8, 4) is 0 Å². The number of hydrazone groups is 1. The van der Waals surface area contributed by atoms with E-state index in [1.165, 1.54) is 5.56 Å². The van der Waals surface area contributed by atoms with Crippen molar-refractivity contribution < 1.29 is 4.79 Å². The summed E-state index contributed by atoms with van der Waals surface area (Å²) in [6, 6.07) is 15.1. The van der Waals surface area contributed by atoms with Gasteiger partial charge in [-0.25, -0.2) is 5.43 Å². The van der Waals surface area contributed by atoms with Crippen LogP contribution in [0.3, 0.4) is 0 Å². The minimum Gasteiger partial charge on any atom is -0.398 e. The first-order chi connectivity index (χ1) is 10.8. The largest absolute Gasteiger partial charge is 0.398 e. The van der Waals surface area contributed by atoms with Gasteiger partial charge in [-0.2, -0.15) is 5.10 Å². The van der Waals surface area contributed by atoms with E-state index in [9.17, 15) is 4.79 Å². The van der Waals surface area contributed by atoms with Crippen molar-refractivity contribution in [3.63, 3.8) is 0 Å². The lowest BCUT2D eigenvalue weighted by Gasteiger charge is -2.19. The summed E-state index contributed by atoms with van der Waals surface area (Å²) in [6.45, 7) is 8.38. The van der Waals surface area contributed by atoms with Crippen molar-refractivity contribution in [1.82, 2.24) is 5.43 Å². The zero-order chi connectivity index (χ0) is 17.0. The summed E-state index contributed by atoms with van der Waals surface area (Å²) in [4.78, 5) is 12.1. The number of benzene rings is 2. The standard InChI is InChI=1S/C19H23N3O/c1-13(14-9-11-15(12-10-14)19(2,3)4)21-22-18(23)16-7-5-6-8-17(16)20/h5-12H,20H2,1-4H3,(H,22,23)/b21-13+. The number of rotatable bonds is 3. The maximum Gasteiger partial charge on any atom is 0.273 e. The van der Waals surface area contributed by atoms with E-state index in [0.717, 1.165) is 11.3 Å². The second-order valence-corrected chi connectivity index (χ2v) is 6.55. The molecule has 0 aromatic heterocycles. The molecule has 0 spiro atoms. The Balaban J connectivity index is 2.11. The number of nitrogens with one attached hydrogen (secondary N) is 1. The van der Waals surface area contributed by atoms with Crippen LogP contribution in [-0.4, -0.2) is 11.6 Å². The van der Waals surface area contributed by atoms with Crippen LogP contribution in [0.2, 0.25) is 0 Å². The minimum absolute atomic E-state index is 0.114. The molecule has 23 heavy (non-hydrogen) atoms. The molecule has 4 nitrogen and oxygen atoms in total. The van der Waals surface area contributed by atoms with Gasteiger partial charge in [-0.3, -0.25) is 4.79 Å². The molecule has 0 atom stereocenters. The number of hydrogen-bond acceptors (Lipinski definition) is 3. The molecule has 0 aliphatic carbocycles. The van der Waals surface area contributed by atoms with Crippen molar-refractivity contribution in [1.29, 1.82) is 0 Å². The quantitative estimate of drug-likeness (QED) is 0.515. The molecule has 0 aliphatic heterocycles. The molecule has 0 aliphatic rings. The topological polar surface area (TPSA) is 67.5 Å². The zero-order valence-corrected chi connectivity index (χ0v) is 14.1. The van der Waals surface area contributed by atoms with Crippen molar-refractivity contribution >= 4 is 17.3 Å². The van der Waals surface area contributed by atoms with Gasteiger partial charge in [0.25, 0.3) is 5.91 Å². The highest BCUT2D eigenvalue weighted by molar-refractivity contribution is 6.02. The van der Waals surface area contributed by atoms with E-state index in [0.29, 0.717) is 11.3 Å². The van der Waals surface area contributed by atoms with Crippen LogP contribution in [0.25, 0.3) is 0 Å². The molecule has 2 aromatic carbocycles. The van der Waals surface area contributed by atoms with Gasteiger partial charge >= 0.3 is 0 Å². The maximum absolute atomic E-state index is 12.1. The molecule has 1 amide bonds. The average Bonchev–Trinajstić information content (AvgIpc) is 2.52. The third kappa shape index (κ3) is 4.19. The van der Waals surface area contributed by atoms with Gasteiger partial charge in [0.15, 0.2) is 0 Å². The normalized spacial score (nSPS) is 12.1. The highest BCUT2D eigenvalue weighted by atomic mass is 16.2. The Bertz CT molecular complexity index is 725. The van der Waals surface area contributed by atoms with Crippen molar-refractivity contribution in [3.05, 3.63) is 65.2 Å². The lowest BCUT2D eigenvalue weighted by molar-refractivity contribution is 0.0955. The van der Waals surface area contributed by atoms with Gasteiger partial charge in [-0.15, -0.1) is 0 Å². The summed E-state index contributed by atoms with van der Waals surface area (Å²) in [7, 11) is 0. The number of amides is 1. The number of carbonyl (C=O) groups excluding carboxylic acids is 1. The van der Waals surface area contributed by atoms with Crippen LogP contribution in [-0.2, 0) is 5.41 Å². The summed E-state index contributed by atoms with van der Waals surface area (Å²) >= 11 is 0. The van der Waals surface area contributed by atoms with Crippen molar-refractivity contribution in [2.45, 2.75) is 33.1 Å². The van der Waals surface area contributed by atoms with Gasteiger partial charge < -0.3 is 5.73 Å². The minimum atomic E-state index is -0.311. The van der Waals surface area contributed by atoms with Crippen LogP contribution >= 0.6 is 0 Å². The first-order valence-corrected chi connectivity index (χ1v) is 7.59. The van der Waals surface area contributed by atoms with Gasteiger partial charge in [0.05, 0.1) is 11.3 Å². The predicted molar refractivity (Wildman–Crippen MR) is 95.7 cm³/mol. The van der Waals surface area contributed by atoms with Gasteiger partial charge in [0, 0.05) is 5.69 Å². The molecule has 0 fully saturated rings. The summed E-state index contributed by atoms with van der Waals surface area (Å²) in [5.74, 6) is -0.311. The maximum atomic E-state index is 12.1. The van der Waals surface area contributed by atoms with Gasteiger partial charge in [-0.1, -0.05) is 57.2 Å². The van der Waals surface area contributed by atoms with E-state index in [4.69, 9.17) is 5.73 Å². The molecule has 4 heteroatoms. The molecule has 2 aromatic rings. The number of para-hydroxylation sites is 1. The fourth-order valence-electron chi connectivity index (χ4n) is 2.17. The molecule has 0 heterocycles. The first kappa shape index (κ1) is 16.7. The van der Waals surface area contributed by atoms with Crippen LogP contribution < -0.4 is 11.2 Å². The molecular weight excluding hydrogens is 286 g/mol. The average molecular weight is 309 g/mol. The number of hydrogen-bond donors (Lipinski definition) is 2. The lowest BCUT2D eigenvalue weighted by atomic mass is 9.86. The van der Waals surface area contributed by atoms with Crippen LogP contribution in [0, 0.1) is 0 Å². The highest BCUT2D eigenvalue weighted by Crippen LogP contribution is 2.22. The molecule has 120 valence electrons. The molecule has 2 rings (SSSR count). The fraction of sp³-hybridized carbons (Fsp3) is 0.263. The van der Waals surface area contributed by atoms with Gasteiger partial charge in [0.1, 0.15) is 0 Å². The summed E-state index contributed by atoms with van der Waals surface area (Å²) in [5.41, 5.74) is 12.3. The lowest BCUT2D eigenvalue weighted by Crippen LogP contribution is -2.20. The van der Waals surface area contributed by atoms with E-state index in [1.54, 1.807) is 24.3 Å². The van der Waals surface area contributed by atoms with E-state index >= 15 is 0 Å². The van der Waals surface area contributed by atoms with Crippen molar-refractivity contribution in [2.75, 3.05) is 5.73 Å². The van der Waals surface area contributed by atoms with Crippen LogP contribution in [0.5, 0.6) is 0 Å². The third-order valence-electron chi connectivity index (χ3n) is 3.70. The SMILES string of the molecule is C/C(=N\NC(=O)c1ccccc1N)c1ccc(C(C)(C)C)cc1. The molecule has 3 N–H and O–H groups in total. The Morgan fingerprint density at radius 1 is 1.04 bits per heavy atom. The molecular formula is C19H23N3O. The zero-order valence-electron chi connectivity index (χ0n) is 14.1. The summed E-state index contributed by atoms with van der Waals surface area (Å²) in [6.07, 6.45) is 0. The highest BCUT2D eigenvalue weighted by Gasteiger charge is 2.13. The van der Waals surface area contributed by atoms with E-state index in [1.807, 2.05) is 19.1 Å². The Hall–Kier alpha value is -2.62. The van der Waals surface area contributed by atoms with Crippen LogP contribution in [0.15, 0.2) is 53.6 Å². The van der Waals surface area contributed by atoms with Gasteiger partial charge in [0.2, 0.25) is 0 Å². The van der Waals surface area contributed by atoms with Crippen LogP contribution in [0.4, 0.5) is 5.69 Å². The Morgan fingerprint density at radius 3 is 2.22 bits per heavy atom. The van der Waals surface area contributed by atoms with Crippen LogP contribution in [0.1, 0.15) is 49.2 Å². The Morgan fingerprint density at radius 2 is 1.65 bits per heavy atom. The second-order valence-electron chi connectivity index (χ2n) is 6.55. The molecule has 0 unspecified atom stereocenters. The van der Waals surface area contributed by atoms with Crippen molar-refractivity contribution in [2.24, 2.45) is 5.10 Å². The molecule has 0 radical (unpaired) electrons. The number of nitrogens with two attached hydrogens (primary N) is 1. The molecule has 0 saturated carbocycles. The Labute approximate surface area is 137 Å². The van der Waals surface area contributed by atoms with E-state index in [-0.39, 0.29) is 11.3 Å². The second kappa shape index (κ2) is 6.65. The molecule has 0 saturated heterocycles. The first-order valence-electron chi connectivity index (χ1n) is 7.59.